The Kier molecular flexibility index (Phi) is 2.05. The van der Waals surface area contributed by atoms with Gasteiger partial charge in [0.05, 0.1) is 0 Å². The predicted molar refractivity (Wildman–Crippen MR) is 49.1 cm³/mol. The molecule has 72 valence electrons. The molecule has 0 amide bonds. The number of nitrogens with two attached hydrogens (primary N) is 1. The summed E-state index contributed by atoms with van der Waals surface area (Å²) in [6.45, 7) is 0. The van der Waals surface area contributed by atoms with E-state index in [1.165, 1.54) is 11.0 Å². The molecule has 2 N–H and O–H groups in total. The number of rotatable bonds is 1. The fraction of sp³-hybridized carbons (Fsp3) is 0. The number of halogens is 1. The van der Waals surface area contributed by atoms with E-state index in [1.54, 1.807) is 24.3 Å². The van der Waals surface area contributed by atoms with Gasteiger partial charge < -0.3 is 15.3 Å². The molecule has 0 saturated carbocycles. The van der Waals surface area contributed by atoms with Crippen LogP contribution in [0.5, 0.6) is 5.95 Å². The molecule has 0 atom stereocenters. The zero-order valence-electron chi connectivity index (χ0n) is 7.11. The van der Waals surface area contributed by atoms with Gasteiger partial charge in [0.1, 0.15) is 11.6 Å². The second-order valence-electron chi connectivity index (χ2n) is 2.73. The van der Waals surface area contributed by atoms with Crippen molar-refractivity contribution in [2.45, 2.75) is 0 Å². The van der Waals surface area contributed by atoms with Gasteiger partial charge in [-0.3, -0.25) is 0 Å². The molecule has 0 spiro atoms. The van der Waals surface area contributed by atoms with Gasteiger partial charge >= 0.3 is 5.15 Å². The molecule has 5 heteroatoms. The van der Waals surface area contributed by atoms with E-state index in [1.807, 2.05) is 0 Å². The number of hydrogen-bond acceptors (Lipinski definition) is 3. The lowest BCUT2D eigenvalue weighted by molar-refractivity contribution is -0.596. The van der Waals surface area contributed by atoms with Gasteiger partial charge in [0.15, 0.2) is 0 Å². The van der Waals surface area contributed by atoms with Gasteiger partial charge in [0.25, 0.3) is 0 Å². The van der Waals surface area contributed by atoms with Crippen LogP contribution in [0, 0.1) is 0 Å². The van der Waals surface area contributed by atoms with Gasteiger partial charge in [-0.05, 0) is 17.7 Å². The summed E-state index contributed by atoms with van der Waals surface area (Å²) < 4.78 is 6.03. The predicted octanol–water partition coefficient (Wildman–Crippen LogP) is 0.865. The highest BCUT2D eigenvalue weighted by Crippen LogP contribution is 2.19. The van der Waals surface area contributed by atoms with E-state index >= 15 is 0 Å². The minimum atomic E-state index is -0.574. The van der Waals surface area contributed by atoms with E-state index in [0.29, 0.717) is 11.4 Å². The van der Waals surface area contributed by atoms with Crippen LogP contribution in [-0.2, 0) is 0 Å². The Labute approximate surface area is 85.1 Å². The van der Waals surface area contributed by atoms with Crippen LogP contribution in [0.15, 0.2) is 35.1 Å². The second-order valence-corrected chi connectivity index (χ2v) is 3.09. The zero-order valence-corrected chi connectivity index (χ0v) is 7.86. The maximum atomic E-state index is 11.0. The minimum absolute atomic E-state index is 0.0112. The molecule has 0 fully saturated rings. The Bertz CT molecular complexity index is 468. The van der Waals surface area contributed by atoms with Crippen LogP contribution in [0.25, 0.3) is 5.69 Å². The lowest BCUT2D eigenvalue weighted by Gasteiger charge is -1.96. The van der Waals surface area contributed by atoms with Crippen LogP contribution < -0.4 is 15.4 Å². The number of hydrogen-bond donors (Lipinski definition) is 1. The lowest BCUT2D eigenvalue weighted by Crippen LogP contribution is -2.30. The Morgan fingerprint density at radius 1 is 1.36 bits per heavy atom. The summed E-state index contributed by atoms with van der Waals surface area (Å²) in [6, 6.07) is 7.06. The zero-order chi connectivity index (χ0) is 10.1. The number of para-hydroxylation sites is 2. The minimum Gasteiger partial charge on any atom is -0.539 e. The summed E-state index contributed by atoms with van der Waals surface area (Å²) in [5, 5.41) is 11.0. The van der Waals surface area contributed by atoms with Crippen molar-refractivity contribution in [3.8, 4) is 11.6 Å². The third-order valence-corrected chi connectivity index (χ3v) is 2.18. The van der Waals surface area contributed by atoms with Crippen LogP contribution >= 0.6 is 11.6 Å². The van der Waals surface area contributed by atoms with E-state index in [2.05, 4.69) is 4.42 Å². The van der Waals surface area contributed by atoms with Crippen molar-refractivity contribution in [1.29, 1.82) is 0 Å². The second kappa shape index (κ2) is 3.23. The molecule has 4 nitrogen and oxygen atoms in total. The molecule has 0 saturated heterocycles. The fourth-order valence-electron chi connectivity index (χ4n) is 1.16. The molecule has 0 bridgehead atoms. The maximum Gasteiger partial charge on any atom is 0.304 e. The Balaban J connectivity index is 2.60. The first kappa shape index (κ1) is 8.90. The standard InChI is InChI=1S/C9H7ClN2O2/c10-8-9(13)14-5-12(8)7-4-2-1-3-6(7)11/h1-5H,11H2. The molecule has 0 aliphatic rings. The van der Waals surface area contributed by atoms with Gasteiger partial charge in [0, 0.05) is 6.07 Å². The van der Waals surface area contributed by atoms with Gasteiger partial charge in [-0.15, -0.1) is 4.57 Å². The Morgan fingerprint density at radius 3 is 2.64 bits per heavy atom. The summed E-state index contributed by atoms with van der Waals surface area (Å²) in [4.78, 5) is 0. The van der Waals surface area contributed by atoms with Gasteiger partial charge in [0.2, 0.25) is 12.1 Å². The largest absolute Gasteiger partial charge is 0.539 e. The normalized spacial score (nSPS) is 10.4. The first-order valence-electron chi connectivity index (χ1n) is 3.90. The highest BCUT2D eigenvalue weighted by molar-refractivity contribution is 6.29. The number of anilines is 1. The smallest absolute Gasteiger partial charge is 0.304 e. The topological polar surface area (TPSA) is 66.1 Å². The molecule has 2 aromatic rings. The third kappa shape index (κ3) is 1.29. The average molecular weight is 211 g/mol. The Hall–Kier alpha value is -1.68. The molecule has 0 unspecified atom stereocenters. The van der Waals surface area contributed by atoms with Crippen molar-refractivity contribution in [1.82, 2.24) is 0 Å². The number of nitrogen functional groups attached to an aromatic ring is 1. The monoisotopic (exact) mass is 210 g/mol. The van der Waals surface area contributed by atoms with Crippen LogP contribution in [0.3, 0.4) is 0 Å². The molecule has 14 heavy (non-hydrogen) atoms. The molecule has 0 radical (unpaired) electrons. The highest BCUT2D eigenvalue weighted by atomic mass is 35.5. The van der Waals surface area contributed by atoms with Crippen LogP contribution in [0.2, 0.25) is 5.15 Å². The van der Waals surface area contributed by atoms with E-state index in [4.69, 9.17) is 17.3 Å². The van der Waals surface area contributed by atoms with Gasteiger partial charge in [-0.25, -0.2) is 0 Å². The van der Waals surface area contributed by atoms with Crippen molar-refractivity contribution < 1.29 is 14.1 Å². The van der Waals surface area contributed by atoms with Crippen molar-refractivity contribution in [3.63, 3.8) is 0 Å². The molecule has 1 aromatic heterocycles. The number of aromatic nitrogens is 1. The van der Waals surface area contributed by atoms with Crippen LogP contribution in [0.1, 0.15) is 0 Å². The quantitative estimate of drug-likeness (QED) is 0.561. The first-order valence-corrected chi connectivity index (χ1v) is 4.28. The third-order valence-electron chi connectivity index (χ3n) is 1.84. The van der Waals surface area contributed by atoms with E-state index < -0.39 is 5.95 Å². The first-order chi connectivity index (χ1) is 6.70. The number of nitrogens with zero attached hydrogens (tertiary/aromatic N) is 1. The summed E-state index contributed by atoms with van der Waals surface area (Å²) in [5.41, 5.74) is 6.86. The molecular weight excluding hydrogens is 204 g/mol. The summed E-state index contributed by atoms with van der Waals surface area (Å²) in [5.74, 6) is -0.574. The van der Waals surface area contributed by atoms with Gasteiger partial charge in [-0.1, -0.05) is 12.1 Å². The van der Waals surface area contributed by atoms with Gasteiger partial charge in [-0.2, -0.15) is 0 Å². The maximum absolute atomic E-state index is 11.0. The van der Waals surface area contributed by atoms with Crippen molar-refractivity contribution in [2.24, 2.45) is 0 Å². The van der Waals surface area contributed by atoms with E-state index in [9.17, 15) is 5.11 Å². The van der Waals surface area contributed by atoms with Crippen molar-refractivity contribution >= 4 is 17.3 Å². The molecular formula is C9H7ClN2O2. The molecule has 1 aromatic carbocycles. The van der Waals surface area contributed by atoms with Crippen molar-refractivity contribution in [3.05, 3.63) is 35.8 Å². The SMILES string of the molecule is Nc1ccccc1-[n+]1coc([O-])c1Cl. The molecule has 0 aliphatic heterocycles. The van der Waals surface area contributed by atoms with E-state index in [0.717, 1.165) is 0 Å². The summed E-state index contributed by atoms with van der Waals surface area (Å²) >= 11 is 5.72. The fourth-order valence-corrected chi connectivity index (χ4v) is 1.34. The average Bonchev–Trinajstić information content (AvgIpc) is 2.49. The molecule has 1 heterocycles. The Morgan fingerprint density at radius 2 is 2.07 bits per heavy atom. The van der Waals surface area contributed by atoms with Crippen LogP contribution in [0.4, 0.5) is 5.69 Å². The van der Waals surface area contributed by atoms with Crippen LogP contribution in [-0.4, -0.2) is 0 Å². The summed E-state index contributed by atoms with van der Waals surface area (Å²) in [6.07, 6.45) is 1.23. The number of oxazole rings is 1. The molecule has 0 aliphatic carbocycles. The van der Waals surface area contributed by atoms with Crippen molar-refractivity contribution in [2.75, 3.05) is 5.73 Å². The molecule has 2 rings (SSSR count). The number of benzene rings is 1. The highest BCUT2D eigenvalue weighted by Gasteiger charge is 2.16. The van der Waals surface area contributed by atoms with E-state index in [-0.39, 0.29) is 5.15 Å². The summed E-state index contributed by atoms with van der Waals surface area (Å²) in [7, 11) is 0. The lowest BCUT2D eigenvalue weighted by atomic mass is 10.3.